The summed E-state index contributed by atoms with van der Waals surface area (Å²) in [5.41, 5.74) is 9.28. The van der Waals surface area contributed by atoms with E-state index in [-0.39, 0.29) is 28.7 Å². The molecular formula is C27H33N7O4. The molecule has 0 saturated carbocycles. The lowest BCUT2D eigenvalue weighted by molar-refractivity contribution is -0.114. The number of carboxylic acid groups (broad SMARTS) is 1. The van der Waals surface area contributed by atoms with Gasteiger partial charge in [0.2, 0.25) is 5.91 Å². The highest BCUT2D eigenvalue weighted by atomic mass is 16.4. The third kappa shape index (κ3) is 5.77. The molecule has 2 aromatic heterocycles. The number of likely N-dealkylation sites (tertiary alicyclic amines) is 1. The fourth-order valence-electron chi connectivity index (χ4n) is 4.55. The van der Waals surface area contributed by atoms with E-state index in [0.29, 0.717) is 42.9 Å². The summed E-state index contributed by atoms with van der Waals surface area (Å²) >= 11 is 0. The lowest BCUT2D eigenvalue weighted by atomic mass is 9.87. The summed E-state index contributed by atoms with van der Waals surface area (Å²) in [6.45, 7) is 8.49. The predicted molar refractivity (Wildman–Crippen MR) is 145 cm³/mol. The minimum Gasteiger partial charge on any atom is -0.465 e. The molecule has 1 fully saturated rings. The molecule has 0 unspecified atom stereocenters. The van der Waals surface area contributed by atoms with Crippen molar-refractivity contribution < 1.29 is 19.5 Å². The molecule has 1 aliphatic heterocycles. The quantitative estimate of drug-likeness (QED) is 0.390. The zero-order valence-electron chi connectivity index (χ0n) is 22.0. The smallest absolute Gasteiger partial charge is 0.407 e. The van der Waals surface area contributed by atoms with Crippen molar-refractivity contribution in [3.63, 3.8) is 0 Å². The van der Waals surface area contributed by atoms with Gasteiger partial charge in [0.05, 0.1) is 28.7 Å². The maximum atomic E-state index is 13.3. The molecule has 3 aromatic rings. The van der Waals surface area contributed by atoms with Crippen molar-refractivity contribution in [2.24, 2.45) is 0 Å². The first-order chi connectivity index (χ1) is 17.9. The minimum atomic E-state index is -0.904. The van der Waals surface area contributed by atoms with Crippen molar-refractivity contribution in [2.45, 2.75) is 52.0 Å². The van der Waals surface area contributed by atoms with Crippen LogP contribution in [-0.4, -0.2) is 55.8 Å². The monoisotopic (exact) mass is 519 g/mol. The molecule has 1 aromatic carbocycles. The van der Waals surface area contributed by atoms with Crippen LogP contribution in [-0.2, 0) is 10.2 Å². The Labute approximate surface area is 221 Å². The van der Waals surface area contributed by atoms with Crippen molar-refractivity contribution in [3.8, 4) is 11.1 Å². The Morgan fingerprint density at radius 3 is 2.29 bits per heavy atom. The van der Waals surface area contributed by atoms with Gasteiger partial charge in [-0.05, 0) is 31.0 Å². The molecule has 200 valence electrons. The molecule has 1 saturated heterocycles. The number of nitrogens with zero attached hydrogens (tertiary/aromatic N) is 4. The number of benzene rings is 1. The van der Waals surface area contributed by atoms with E-state index < -0.39 is 12.0 Å². The van der Waals surface area contributed by atoms with Crippen molar-refractivity contribution >= 4 is 35.1 Å². The summed E-state index contributed by atoms with van der Waals surface area (Å²) < 4.78 is 1.91. The number of nitrogen functional groups attached to an aromatic ring is 1. The number of aromatic nitrogens is 3. The van der Waals surface area contributed by atoms with Crippen molar-refractivity contribution in [3.05, 3.63) is 54.0 Å². The number of para-hydroxylation sites is 2. The normalized spacial score (nSPS) is 14.3. The topological polar surface area (TPSA) is 155 Å². The molecule has 0 spiro atoms. The highest BCUT2D eigenvalue weighted by Crippen LogP contribution is 2.35. The molecule has 38 heavy (non-hydrogen) atoms. The van der Waals surface area contributed by atoms with Crippen LogP contribution in [0.4, 0.5) is 22.0 Å². The predicted octanol–water partition coefficient (Wildman–Crippen LogP) is 4.35. The third-order valence-electron chi connectivity index (χ3n) is 6.51. The Morgan fingerprint density at radius 2 is 1.71 bits per heavy atom. The number of rotatable bonds is 5. The molecule has 11 nitrogen and oxygen atoms in total. The van der Waals surface area contributed by atoms with Crippen LogP contribution in [0, 0.1) is 0 Å². The van der Waals surface area contributed by atoms with Crippen LogP contribution in [0.3, 0.4) is 0 Å². The van der Waals surface area contributed by atoms with Gasteiger partial charge in [0.1, 0.15) is 5.82 Å². The van der Waals surface area contributed by atoms with Gasteiger partial charge in [-0.1, -0.05) is 32.9 Å². The Morgan fingerprint density at radius 1 is 1.08 bits per heavy atom. The molecule has 4 rings (SSSR count). The molecule has 3 heterocycles. The van der Waals surface area contributed by atoms with Crippen molar-refractivity contribution in [2.75, 3.05) is 29.5 Å². The largest absolute Gasteiger partial charge is 0.465 e. The van der Waals surface area contributed by atoms with E-state index >= 15 is 0 Å². The van der Waals surface area contributed by atoms with Gasteiger partial charge in [-0.2, -0.15) is 5.10 Å². The first-order valence-electron chi connectivity index (χ1n) is 12.5. The Kier molecular flexibility index (Phi) is 7.38. The molecule has 0 atom stereocenters. The number of pyridine rings is 1. The maximum absolute atomic E-state index is 13.3. The van der Waals surface area contributed by atoms with E-state index in [0.717, 1.165) is 11.3 Å². The van der Waals surface area contributed by atoms with Gasteiger partial charge in [0, 0.05) is 48.9 Å². The third-order valence-corrected chi connectivity index (χ3v) is 6.51. The number of nitrogens with two attached hydrogens (primary N) is 1. The number of amides is 3. The van der Waals surface area contributed by atoms with E-state index in [9.17, 15) is 19.5 Å². The second kappa shape index (κ2) is 10.5. The lowest BCUT2D eigenvalue weighted by Gasteiger charge is -2.30. The first-order valence-corrected chi connectivity index (χ1v) is 12.5. The van der Waals surface area contributed by atoms with Crippen LogP contribution in [0.1, 0.15) is 62.6 Å². The Bertz CT molecular complexity index is 1370. The van der Waals surface area contributed by atoms with Crippen LogP contribution in [0.15, 0.2) is 42.7 Å². The van der Waals surface area contributed by atoms with Gasteiger partial charge in [-0.25, -0.2) is 9.78 Å². The minimum absolute atomic E-state index is 0.0650. The summed E-state index contributed by atoms with van der Waals surface area (Å²) in [5.74, 6) is -0.635. The van der Waals surface area contributed by atoms with E-state index in [2.05, 4.69) is 36.4 Å². The summed E-state index contributed by atoms with van der Waals surface area (Å²) in [7, 11) is 0. The average Bonchev–Trinajstić information content (AvgIpc) is 3.31. The molecule has 0 radical (unpaired) electrons. The van der Waals surface area contributed by atoms with E-state index in [1.165, 1.54) is 11.8 Å². The fraction of sp³-hybridized carbons (Fsp3) is 0.370. The highest BCUT2D eigenvalue weighted by Gasteiger charge is 2.29. The second-order valence-corrected chi connectivity index (χ2v) is 10.5. The summed E-state index contributed by atoms with van der Waals surface area (Å²) in [5, 5.41) is 19.7. The molecule has 0 bridgehead atoms. The number of anilines is 3. The SMILES string of the molecule is CC(=O)Nc1ccccc1NC(=O)c1cc(-c2cn(C3CCN(C(=O)O)CC3)nc2C(C)(C)C)cnc1N. The van der Waals surface area contributed by atoms with Crippen LogP contribution in [0.5, 0.6) is 0 Å². The van der Waals surface area contributed by atoms with Gasteiger partial charge < -0.3 is 26.4 Å². The number of piperidine rings is 1. The molecule has 0 aliphatic carbocycles. The molecule has 1 aliphatic rings. The molecule has 11 heteroatoms. The standard InChI is InChI=1S/C27H33N7O4/c1-16(35)30-21-7-5-6-8-22(21)31-25(36)19-13-17(14-29-24(19)28)20-15-34(32-23(20)27(2,3)4)18-9-11-33(12-10-18)26(37)38/h5-8,13-15,18H,9-12H2,1-4H3,(H2,28,29)(H,30,35)(H,31,36)(H,37,38). The van der Waals surface area contributed by atoms with E-state index in [1.807, 2.05) is 10.9 Å². The number of hydrogen-bond donors (Lipinski definition) is 4. The zero-order valence-corrected chi connectivity index (χ0v) is 22.0. The first kappa shape index (κ1) is 26.6. The number of carbonyl (C=O) groups is 3. The number of hydrogen-bond acceptors (Lipinski definition) is 6. The second-order valence-electron chi connectivity index (χ2n) is 10.5. The van der Waals surface area contributed by atoms with Gasteiger partial charge in [0.15, 0.2) is 0 Å². The van der Waals surface area contributed by atoms with Crippen molar-refractivity contribution in [1.82, 2.24) is 19.7 Å². The number of nitrogens with one attached hydrogen (secondary N) is 2. The van der Waals surface area contributed by atoms with Crippen LogP contribution in [0.25, 0.3) is 11.1 Å². The summed E-state index contributed by atoms with van der Waals surface area (Å²) in [6, 6.07) is 8.66. The summed E-state index contributed by atoms with van der Waals surface area (Å²) in [6.07, 6.45) is 4.00. The summed E-state index contributed by atoms with van der Waals surface area (Å²) in [4.78, 5) is 41.8. The van der Waals surface area contributed by atoms with E-state index in [1.54, 1.807) is 36.5 Å². The van der Waals surface area contributed by atoms with Crippen LogP contribution < -0.4 is 16.4 Å². The van der Waals surface area contributed by atoms with Gasteiger partial charge >= 0.3 is 6.09 Å². The van der Waals surface area contributed by atoms with Gasteiger partial charge in [-0.3, -0.25) is 14.3 Å². The maximum Gasteiger partial charge on any atom is 0.407 e. The van der Waals surface area contributed by atoms with Crippen LogP contribution >= 0.6 is 0 Å². The lowest BCUT2D eigenvalue weighted by Crippen LogP contribution is -2.38. The highest BCUT2D eigenvalue weighted by molar-refractivity contribution is 6.10. The van der Waals surface area contributed by atoms with Crippen molar-refractivity contribution in [1.29, 1.82) is 0 Å². The molecular weight excluding hydrogens is 486 g/mol. The Hall–Kier alpha value is -4.41. The van der Waals surface area contributed by atoms with Gasteiger partial charge in [0.25, 0.3) is 5.91 Å². The molecule has 3 amide bonds. The van der Waals surface area contributed by atoms with Gasteiger partial charge in [-0.15, -0.1) is 0 Å². The average molecular weight is 520 g/mol. The van der Waals surface area contributed by atoms with E-state index in [4.69, 9.17) is 10.8 Å². The molecule has 5 N–H and O–H groups in total. The number of carbonyl (C=O) groups excluding carboxylic acids is 2. The van der Waals surface area contributed by atoms with Crippen LogP contribution in [0.2, 0.25) is 0 Å². The fourth-order valence-corrected chi connectivity index (χ4v) is 4.55. The Balaban J connectivity index is 1.66. The zero-order chi connectivity index (χ0) is 27.6.